The van der Waals surface area contributed by atoms with Gasteiger partial charge in [0.25, 0.3) is 5.91 Å². The van der Waals surface area contributed by atoms with Crippen molar-refractivity contribution in [1.29, 1.82) is 0 Å². The molecule has 0 aromatic carbocycles. The third kappa shape index (κ3) is 2.65. The van der Waals surface area contributed by atoms with Gasteiger partial charge in [-0.15, -0.1) is 0 Å². The fraction of sp³-hybridized carbons (Fsp3) is 0.583. The molecule has 1 amide bonds. The van der Waals surface area contributed by atoms with Gasteiger partial charge in [0.05, 0.1) is 17.8 Å². The Bertz CT molecular complexity index is 481. The number of aromatic nitrogens is 2. The minimum absolute atomic E-state index is 0.193. The lowest BCUT2D eigenvalue weighted by atomic mass is 10.0. The van der Waals surface area contributed by atoms with Crippen molar-refractivity contribution in [3.05, 3.63) is 16.4 Å². The van der Waals surface area contributed by atoms with Gasteiger partial charge in [0.2, 0.25) is 0 Å². The van der Waals surface area contributed by atoms with E-state index in [0.29, 0.717) is 23.1 Å². The van der Waals surface area contributed by atoms with Crippen molar-refractivity contribution in [2.45, 2.75) is 25.3 Å². The van der Waals surface area contributed by atoms with Crippen molar-refractivity contribution in [1.82, 2.24) is 14.7 Å². The maximum absolute atomic E-state index is 12.6. The van der Waals surface area contributed by atoms with Crippen molar-refractivity contribution in [2.24, 2.45) is 7.05 Å². The van der Waals surface area contributed by atoms with Crippen LogP contribution in [0.25, 0.3) is 0 Å². The Balaban J connectivity index is 2.28. The summed E-state index contributed by atoms with van der Waals surface area (Å²) in [6.07, 6.45) is 4.04. The SMILES string of the molecule is COC(=O)C1CCCCN1C(=O)c1c(Br)cnn1C. The van der Waals surface area contributed by atoms with Gasteiger partial charge >= 0.3 is 5.97 Å². The number of methoxy groups -OCH3 is 1. The second-order valence-corrected chi connectivity index (χ2v) is 5.35. The van der Waals surface area contributed by atoms with Crippen LogP contribution in [-0.4, -0.2) is 46.3 Å². The Hall–Kier alpha value is -1.37. The fourth-order valence-corrected chi connectivity index (χ4v) is 2.86. The summed E-state index contributed by atoms with van der Waals surface area (Å²) in [6, 6.07) is -0.493. The molecule has 2 heterocycles. The largest absolute Gasteiger partial charge is 0.467 e. The minimum atomic E-state index is -0.493. The van der Waals surface area contributed by atoms with Crippen LogP contribution in [0.15, 0.2) is 10.7 Å². The summed E-state index contributed by atoms with van der Waals surface area (Å²) >= 11 is 3.31. The zero-order valence-corrected chi connectivity index (χ0v) is 12.5. The average molecular weight is 330 g/mol. The predicted octanol–water partition coefficient (Wildman–Crippen LogP) is 1.35. The number of hydrogen-bond donors (Lipinski definition) is 0. The third-order valence-corrected chi connectivity index (χ3v) is 3.91. The molecule has 2 rings (SSSR count). The molecular weight excluding hydrogens is 314 g/mol. The van der Waals surface area contributed by atoms with Gasteiger partial charge in [-0.25, -0.2) is 4.79 Å². The number of carbonyl (C=O) groups is 2. The molecule has 0 N–H and O–H groups in total. The lowest BCUT2D eigenvalue weighted by Gasteiger charge is -2.33. The Morgan fingerprint density at radius 2 is 2.21 bits per heavy atom. The molecule has 7 heteroatoms. The minimum Gasteiger partial charge on any atom is -0.467 e. The topological polar surface area (TPSA) is 64.4 Å². The van der Waals surface area contributed by atoms with Crippen molar-refractivity contribution in [3.63, 3.8) is 0 Å². The first kappa shape index (κ1) is 14.0. The first-order valence-corrected chi connectivity index (χ1v) is 6.92. The maximum atomic E-state index is 12.6. The molecule has 1 aliphatic heterocycles. The van der Waals surface area contributed by atoms with E-state index in [1.165, 1.54) is 11.8 Å². The number of halogens is 1. The standard InChI is InChI=1S/C12H16BrN3O3/c1-15-10(8(13)7-14-15)11(17)16-6-4-3-5-9(16)12(18)19-2/h7,9H,3-6H2,1-2H3. The second-order valence-electron chi connectivity index (χ2n) is 4.50. The number of aryl methyl sites for hydroxylation is 1. The average Bonchev–Trinajstić information content (AvgIpc) is 2.76. The van der Waals surface area contributed by atoms with Crippen LogP contribution in [0.1, 0.15) is 29.8 Å². The molecular formula is C12H16BrN3O3. The number of esters is 1. The molecule has 0 spiro atoms. The maximum Gasteiger partial charge on any atom is 0.328 e. The Labute approximate surface area is 119 Å². The van der Waals surface area contributed by atoms with Crippen molar-refractivity contribution in [2.75, 3.05) is 13.7 Å². The van der Waals surface area contributed by atoms with Crippen molar-refractivity contribution in [3.8, 4) is 0 Å². The van der Waals surface area contributed by atoms with Crippen LogP contribution < -0.4 is 0 Å². The molecule has 1 unspecified atom stereocenters. The number of hydrogen-bond acceptors (Lipinski definition) is 4. The molecule has 1 atom stereocenters. The van der Waals surface area contributed by atoms with Crippen LogP contribution in [-0.2, 0) is 16.6 Å². The zero-order valence-electron chi connectivity index (χ0n) is 10.9. The number of likely N-dealkylation sites (tertiary alicyclic amines) is 1. The molecule has 0 bridgehead atoms. The molecule has 0 saturated carbocycles. The lowest BCUT2D eigenvalue weighted by molar-refractivity contribution is -0.147. The number of carbonyl (C=O) groups excluding carboxylic acids is 2. The Morgan fingerprint density at radius 3 is 2.79 bits per heavy atom. The van der Waals surface area contributed by atoms with Gasteiger partial charge in [0.1, 0.15) is 11.7 Å². The molecule has 1 saturated heterocycles. The molecule has 1 fully saturated rings. The lowest BCUT2D eigenvalue weighted by Crippen LogP contribution is -2.49. The summed E-state index contributed by atoms with van der Waals surface area (Å²) in [4.78, 5) is 25.9. The molecule has 0 aliphatic carbocycles. The molecule has 1 aromatic rings. The van der Waals surface area contributed by atoms with Gasteiger partial charge in [-0.05, 0) is 35.2 Å². The van der Waals surface area contributed by atoms with Crippen LogP contribution in [0.5, 0.6) is 0 Å². The zero-order chi connectivity index (χ0) is 14.0. The predicted molar refractivity (Wildman–Crippen MR) is 71.6 cm³/mol. The second kappa shape index (κ2) is 5.73. The quantitative estimate of drug-likeness (QED) is 0.768. The highest BCUT2D eigenvalue weighted by molar-refractivity contribution is 9.10. The van der Waals surface area contributed by atoms with E-state index in [4.69, 9.17) is 4.74 Å². The first-order valence-electron chi connectivity index (χ1n) is 6.12. The summed E-state index contributed by atoms with van der Waals surface area (Å²) < 4.78 is 6.92. The fourth-order valence-electron chi connectivity index (χ4n) is 2.34. The number of piperidine rings is 1. The van der Waals surface area contributed by atoms with Gasteiger partial charge < -0.3 is 9.64 Å². The highest BCUT2D eigenvalue weighted by Gasteiger charge is 2.35. The van der Waals surface area contributed by atoms with Crippen molar-refractivity contribution < 1.29 is 14.3 Å². The normalized spacial score (nSPS) is 19.3. The number of amides is 1. The summed E-state index contributed by atoms with van der Waals surface area (Å²) in [7, 11) is 3.05. The van der Waals surface area contributed by atoms with Crippen LogP contribution in [0.4, 0.5) is 0 Å². The molecule has 19 heavy (non-hydrogen) atoms. The van der Waals surface area contributed by atoms with E-state index in [-0.39, 0.29) is 11.9 Å². The highest BCUT2D eigenvalue weighted by atomic mass is 79.9. The third-order valence-electron chi connectivity index (χ3n) is 3.33. The monoisotopic (exact) mass is 329 g/mol. The first-order chi connectivity index (χ1) is 9.06. The summed E-state index contributed by atoms with van der Waals surface area (Å²) in [5.41, 5.74) is 0.454. The molecule has 1 aromatic heterocycles. The highest BCUT2D eigenvalue weighted by Crippen LogP contribution is 2.23. The van der Waals surface area contributed by atoms with Gasteiger partial charge in [-0.1, -0.05) is 0 Å². The van der Waals surface area contributed by atoms with E-state index in [1.807, 2.05) is 0 Å². The van der Waals surface area contributed by atoms with E-state index in [9.17, 15) is 9.59 Å². The van der Waals surface area contributed by atoms with Gasteiger partial charge in [0.15, 0.2) is 0 Å². The van der Waals surface area contributed by atoms with E-state index in [1.54, 1.807) is 18.1 Å². The van der Waals surface area contributed by atoms with Gasteiger partial charge in [0, 0.05) is 13.6 Å². The molecule has 0 radical (unpaired) electrons. The molecule has 104 valence electrons. The summed E-state index contributed by atoms with van der Waals surface area (Å²) in [5, 5.41) is 4.03. The van der Waals surface area contributed by atoms with Gasteiger partial charge in [-0.2, -0.15) is 5.10 Å². The van der Waals surface area contributed by atoms with E-state index >= 15 is 0 Å². The summed E-state index contributed by atoms with van der Waals surface area (Å²) in [5.74, 6) is -0.548. The smallest absolute Gasteiger partial charge is 0.328 e. The van der Waals surface area contributed by atoms with Crippen molar-refractivity contribution >= 4 is 27.8 Å². The molecule has 1 aliphatic rings. The van der Waals surface area contributed by atoms with E-state index in [0.717, 1.165) is 12.8 Å². The number of ether oxygens (including phenoxy) is 1. The van der Waals surface area contributed by atoms with Crippen LogP contribution >= 0.6 is 15.9 Å². The van der Waals surface area contributed by atoms with E-state index in [2.05, 4.69) is 21.0 Å². The Kier molecular flexibility index (Phi) is 4.24. The van der Waals surface area contributed by atoms with Gasteiger partial charge in [-0.3, -0.25) is 9.48 Å². The van der Waals surface area contributed by atoms with Crippen LogP contribution in [0, 0.1) is 0 Å². The van der Waals surface area contributed by atoms with E-state index < -0.39 is 6.04 Å². The Morgan fingerprint density at radius 1 is 1.47 bits per heavy atom. The summed E-state index contributed by atoms with van der Waals surface area (Å²) in [6.45, 7) is 0.566. The number of nitrogens with zero attached hydrogens (tertiary/aromatic N) is 3. The number of rotatable bonds is 2. The van der Waals surface area contributed by atoms with Crippen LogP contribution in [0.2, 0.25) is 0 Å². The van der Waals surface area contributed by atoms with Crippen LogP contribution in [0.3, 0.4) is 0 Å². The molecule has 6 nitrogen and oxygen atoms in total.